The highest BCUT2D eigenvalue weighted by Crippen LogP contribution is 2.13. The first-order valence-electron chi connectivity index (χ1n) is 8.87. The Labute approximate surface area is 146 Å². The lowest BCUT2D eigenvalue weighted by Gasteiger charge is -2.15. The SMILES string of the molecule is CCCn1c(=O)n(CC(=O)N[C@@H]2CCCCNC2=O)c2ccccc21. The number of benzene rings is 1. The number of imidazole rings is 1. The summed E-state index contributed by atoms with van der Waals surface area (Å²) >= 11 is 0. The lowest BCUT2D eigenvalue weighted by molar-refractivity contribution is -0.129. The van der Waals surface area contributed by atoms with Crippen molar-refractivity contribution in [1.29, 1.82) is 0 Å². The zero-order chi connectivity index (χ0) is 17.8. The van der Waals surface area contributed by atoms with Gasteiger partial charge in [-0.25, -0.2) is 4.79 Å². The molecule has 1 aliphatic heterocycles. The first-order valence-corrected chi connectivity index (χ1v) is 8.87. The van der Waals surface area contributed by atoms with E-state index in [1.54, 1.807) is 4.57 Å². The van der Waals surface area contributed by atoms with Crippen LogP contribution in [-0.4, -0.2) is 33.5 Å². The largest absolute Gasteiger partial charge is 0.354 e. The summed E-state index contributed by atoms with van der Waals surface area (Å²) in [6.45, 7) is 3.18. The van der Waals surface area contributed by atoms with E-state index in [1.807, 2.05) is 31.2 Å². The number of carbonyl (C=O) groups is 2. The van der Waals surface area contributed by atoms with Gasteiger partial charge < -0.3 is 10.6 Å². The van der Waals surface area contributed by atoms with Crippen molar-refractivity contribution >= 4 is 22.8 Å². The minimum absolute atomic E-state index is 0.0835. The summed E-state index contributed by atoms with van der Waals surface area (Å²) in [6, 6.07) is 6.95. The van der Waals surface area contributed by atoms with Crippen molar-refractivity contribution in [3.05, 3.63) is 34.7 Å². The minimum Gasteiger partial charge on any atom is -0.354 e. The maximum atomic E-state index is 12.7. The van der Waals surface area contributed by atoms with Crippen LogP contribution in [-0.2, 0) is 22.7 Å². The fraction of sp³-hybridized carbons (Fsp3) is 0.500. The van der Waals surface area contributed by atoms with Crippen LogP contribution in [0.2, 0.25) is 0 Å². The van der Waals surface area contributed by atoms with Crippen LogP contribution in [0.15, 0.2) is 29.1 Å². The quantitative estimate of drug-likeness (QED) is 0.848. The van der Waals surface area contributed by atoms with Crippen molar-refractivity contribution in [2.24, 2.45) is 0 Å². The van der Waals surface area contributed by atoms with Crippen LogP contribution >= 0.6 is 0 Å². The lowest BCUT2D eigenvalue weighted by Crippen LogP contribution is -2.47. The standard InChI is InChI=1S/C18H24N4O3/c1-2-11-21-14-8-3-4-9-15(14)22(18(21)25)12-16(23)20-13-7-5-6-10-19-17(13)24/h3-4,8-9,13H,2,5-7,10-12H2,1H3,(H,19,24)(H,20,23)/t13-/m1/s1. The topological polar surface area (TPSA) is 85.1 Å². The zero-order valence-electron chi connectivity index (χ0n) is 14.5. The second-order valence-corrected chi connectivity index (χ2v) is 6.42. The van der Waals surface area contributed by atoms with Gasteiger partial charge in [0.15, 0.2) is 0 Å². The molecule has 0 bridgehead atoms. The number of carbonyl (C=O) groups excluding carboxylic acids is 2. The van der Waals surface area contributed by atoms with E-state index >= 15 is 0 Å². The second-order valence-electron chi connectivity index (χ2n) is 6.42. The molecule has 1 aliphatic rings. The number of hydrogen-bond acceptors (Lipinski definition) is 3. The summed E-state index contributed by atoms with van der Waals surface area (Å²) in [5.41, 5.74) is 1.37. The first-order chi connectivity index (χ1) is 12.1. The predicted octanol–water partition coefficient (Wildman–Crippen LogP) is 0.998. The molecule has 2 aromatic rings. The number of rotatable bonds is 5. The van der Waals surface area contributed by atoms with Gasteiger partial charge in [0.2, 0.25) is 11.8 Å². The third-order valence-corrected chi connectivity index (χ3v) is 4.54. The molecule has 1 aromatic carbocycles. The number of nitrogens with zero attached hydrogens (tertiary/aromatic N) is 2. The molecular formula is C18H24N4O3. The van der Waals surface area contributed by atoms with E-state index in [9.17, 15) is 14.4 Å². The minimum atomic E-state index is -0.519. The van der Waals surface area contributed by atoms with Crippen molar-refractivity contribution in [1.82, 2.24) is 19.8 Å². The van der Waals surface area contributed by atoms with E-state index in [4.69, 9.17) is 0 Å². The number of hydrogen-bond donors (Lipinski definition) is 2. The number of nitrogens with one attached hydrogen (secondary N) is 2. The van der Waals surface area contributed by atoms with Gasteiger partial charge in [0, 0.05) is 13.1 Å². The van der Waals surface area contributed by atoms with Crippen LogP contribution in [0.1, 0.15) is 32.6 Å². The Hall–Kier alpha value is -2.57. The van der Waals surface area contributed by atoms with Crippen molar-refractivity contribution in [2.75, 3.05) is 6.54 Å². The summed E-state index contributed by atoms with van der Waals surface area (Å²) in [6.07, 6.45) is 3.27. The molecule has 2 amide bonds. The smallest absolute Gasteiger partial charge is 0.329 e. The molecule has 7 heteroatoms. The van der Waals surface area contributed by atoms with Crippen LogP contribution < -0.4 is 16.3 Å². The molecule has 2 heterocycles. The Kier molecular flexibility index (Phi) is 5.21. The van der Waals surface area contributed by atoms with Crippen molar-refractivity contribution < 1.29 is 9.59 Å². The van der Waals surface area contributed by atoms with Crippen LogP contribution in [0.5, 0.6) is 0 Å². The molecule has 0 aliphatic carbocycles. The second kappa shape index (κ2) is 7.55. The first kappa shape index (κ1) is 17.3. The molecule has 0 spiro atoms. The molecular weight excluding hydrogens is 320 g/mol. The molecule has 0 radical (unpaired) electrons. The van der Waals surface area contributed by atoms with Gasteiger partial charge in [-0.15, -0.1) is 0 Å². The highest BCUT2D eigenvalue weighted by molar-refractivity contribution is 5.88. The molecule has 2 N–H and O–H groups in total. The Morgan fingerprint density at radius 3 is 2.64 bits per heavy atom. The van der Waals surface area contributed by atoms with Gasteiger partial charge in [-0.2, -0.15) is 0 Å². The molecule has 1 fully saturated rings. The Morgan fingerprint density at radius 1 is 1.20 bits per heavy atom. The number of amides is 2. The van der Waals surface area contributed by atoms with E-state index < -0.39 is 6.04 Å². The van der Waals surface area contributed by atoms with Gasteiger partial charge in [-0.1, -0.05) is 19.1 Å². The highest BCUT2D eigenvalue weighted by atomic mass is 16.2. The fourth-order valence-corrected chi connectivity index (χ4v) is 3.33. The summed E-state index contributed by atoms with van der Waals surface area (Å²) in [7, 11) is 0. The zero-order valence-corrected chi connectivity index (χ0v) is 14.5. The number of aryl methyl sites for hydroxylation is 1. The maximum Gasteiger partial charge on any atom is 0.329 e. The maximum absolute atomic E-state index is 12.7. The van der Waals surface area contributed by atoms with Crippen LogP contribution in [0.3, 0.4) is 0 Å². The molecule has 1 atom stereocenters. The summed E-state index contributed by atoms with van der Waals surface area (Å²) in [5.74, 6) is -0.463. The molecule has 134 valence electrons. The average molecular weight is 344 g/mol. The predicted molar refractivity (Wildman–Crippen MR) is 95.3 cm³/mol. The van der Waals surface area contributed by atoms with Gasteiger partial charge in [-0.3, -0.25) is 18.7 Å². The van der Waals surface area contributed by atoms with Crippen LogP contribution in [0.25, 0.3) is 11.0 Å². The molecule has 0 unspecified atom stereocenters. The molecule has 7 nitrogen and oxygen atoms in total. The number of para-hydroxylation sites is 2. The van der Waals surface area contributed by atoms with E-state index in [0.717, 1.165) is 30.3 Å². The monoisotopic (exact) mass is 344 g/mol. The van der Waals surface area contributed by atoms with Gasteiger partial charge in [-0.05, 0) is 37.8 Å². The van der Waals surface area contributed by atoms with Gasteiger partial charge in [0.05, 0.1) is 11.0 Å². The van der Waals surface area contributed by atoms with Crippen LogP contribution in [0, 0.1) is 0 Å². The Morgan fingerprint density at radius 2 is 1.92 bits per heavy atom. The molecule has 0 saturated carbocycles. The van der Waals surface area contributed by atoms with Crippen molar-refractivity contribution in [3.8, 4) is 0 Å². The van der Waals surface area contributed by atoms with Crippen molar-refractivity contribution in [3.63, 3.8) is 0 Å². The fourth-order valence-electron chi connectivity index (χ4n) is 3.33. The molecule has 1 aromatic heterocycles. The normalized spacial score (nSPS) is 18.0. The van der Waals surface area contributed by atoms with Gasteiger partial charge in [0.1, 0.15) is 12.6 Å². The van der Waals surface area contributed by atoms with E-state index in [2.05, 4.69) is 10.6 Å². The van der Waals surface area contributed by atoms with Crippen molar-refractivity contribution in [2.45, 2.75) is 51.7 Å². The summed E-state index contributed by atoms with van der Waals surface area (Å²) < 4.78 is 3.18. The Bertz CT molecular complexity index is 836. The highest BCUT2D eigenvalue weighted by Gasteiger charge is 2.23. The Balaban J connectivity index is 1.82. The van der Waals surface area contributed by atoms with Gasteiger partial charge in [0.25, 0.3) is 0 Å². The third kappa shape index (κ3) is 3.60. The number of fused-ring (bicyclic) bond motifs is 1. The van der Waals surface area contributed by atoms with Gasteiger partial charge >= 0.3 is 5.69 Å². The van der Waals surface area contributed by atoms with E-state index in [0.29, 0.717) is 19.5 Å². The van der Waals surface area contributed by atoms with E-state index in [1.165, 1.54) is 4.57 Å². The average Bonchev–Trinajstić information content (AvgIpc) is 2.73. The summed E-state index contributed by atoms with van der Waals surface area (Å²) in [5, 5.41) is 5.57. The third-order valence-electron chi connectivity index (χ3n) is 4.54. The van der Waals surface area contributed by atoms with Crippen LogP contribution in [0.4, 0.5) is 0 Å². The molecule has 3 rings (SSSR count). The summed E-state index contributed by atoms with van der Waals surface area (Å²) in [4.78, 5) is 37.1. The molecule has 1 saturated heterocycles. The molecule has 25 heavy (non-hydrogen) atoms. The van der Waals surface area contributed by atoms with E-state index in [-0.39, 0.29) is 24.0 Å². The lowest BCUT2D eigenvalue weighted by atomic mass is 10.1. The number of aromatic nitrogens is 2.